The molecule has 0 radical (unpaired) electrons. The number of carbonyl (C=O) groups excluding carboxylic acids is 2. The van der Waals surface area contributed by atoms with E-state index in [0.717, 1.165) is 18.2 Å². The third kappa shape index (κ3) is 2.87. The fourth-order valence-electron chi connectivity index (χ4n) is 1.34. The van der Waals surface area contributed by atoms with Crippen molar-refractivity contribution in [1.29, 1.82) is 0 Å². The Morgan fingerprint density at radius 2 is 2.00 bits per heavy atom. The van der Waals surface area contributed by atoms with Crippen LogP contribution in [0.25, 0.3) is 0 Å². The van der Waals surface area contributed by atoms with Crippen molar-refractivity contribution in [1.82, 2.24) is 0 Å². The SMILES string of the molecule is NC(=O)C(O)C(O)c1cc(C=O)cc([N+](=O)[O-])c1. The molecule has 18 heavy (non-hydrogen) atoms. The lowest BCUT2D eigenvalue weighted by Crippen LogP contribution is -2.33. The number of nitrogens with zero attached hydrogens (tertiary/aromatic N) is 1. The fourth-order valence-corrected chi connectivity index (χ4v) is 1.34. The molecule has 0 aliphatic carbocycles. The highest BCUT2D eigenvalue weighted by Crippen LogP contribution is 2.23. The molecule has 0 saturated heterocycles. The van der Waals surface area contributed by atoms with Crippen LogP contribution in [-0.4, -0.2) is 33.4 Å². The quantitative estimate of drug-likeness (QED) is 0.359. The molecule has 8 nitrogen and oxygen atoms in total. The number of primary amides is 1. The van der Waals surface area contributed by atoms with Crippen LogP contribution >= 0.6 is 0 Å². The predicted molar refractivity (Wildman–Crippen MR) is 58.6 cm³/mol. The maximum absolute atomic E-state index is 10.7. The van der Waals surface area contributed by atoms with Crippen molar-refractivity contribution in [3.63, 3.8) is 0 Å². The van der Waals surface area contributed by atoms with E-state index in [1.165, 1.54) is 0 Å². The van der Waals surface area contributed by atoms with E-state index in [9.17, 15) is 29.9 Å². The molecule has 0 saturated carbocycles. The van der Waals surface area contributed by atoms with Gasteiger partial charge in [0, 0.05) is 17.7 Å². The first kappa shape index (κ1) is 13.7. The van der Waals surface area contributed by atoms with Gasteiger partial charge in [-0.3, -0.25) is 19.7 Å². The Morgan fingerprint density at radius 1 is 1.39 bits per heavy atom. The van der Waals surface area contributed by atoms with Crippen LogP contribution < -0.4 is 5.73 Å². The Kier molecular flexibility index (Phi) is 4.08. The molecular weight excluding hydrogens is 244 g/mol. The van der Waals surface area contributed by atoms with Gasteiger partial charge in [0.25, 0.3) is 5.69 Å². The molecule has 0 aliphatic heterocycles. The van der Waals surface area contributed by atoms with Crippen molar-refractivity contribution >= 4 is 17.9 Å². The molecule has 4 N–H and O–H groups in total. The van der Waals surface area contributed by atoms with Gasteiger partial charge >= 0.3 is 0 Å². The molecule has 1 amide bonds. The number of aliphatic hydroxyl groups excluding tert-OH is 2. The molecule has 8 heteroatoms. The van der Waals surface area contributed by atoms with Crippen molar-refractivity contribution in [2.45, 2.75) is 12.2 Å². The summed E-state index contributed by atoms with van der Waals surface area (Å²) in [6, 6.07) is 3.07. The fraction of sp³-hybridized carbons (Fsp3) is 0.200. The minimum absolute atomic E-state index is 0.0603. The van der Waals surface area contributed by atoms with E-state index in [-0.39, 0.29) is 11.1 Å². The topological polar surface area (TPSA) is 144 Å². The monoisotopic (exact) mass is 254 g/mol. The highest BCUT2D eigenvalue weighted by molar-refractivity contribution is 5.80. The number of nitro benzene ring substituents is 1. The second kappa shape index (κ2) is 5.34. The van der Waals surface area contributed by atoms with Crippen molar-refractivity contribution in [3.8, 4) is 0 Å². The van der Waals surface area contributed by atoms with E-state index in [1.807, 2.05) is 0 Å². The average molecular weight is 254 g/mol. The number of hydrogen-bond acceptors (Lipinski definition) is 6. The first-order valence-electron chi connectivity index (χ1n) is 4.77. The van der Waals surface area contributed by atoms with E-state index in [2.05, 4.69) is 0 Å². The maximum atomic E-state index is 10.7. The highest BCUT2D eigenvalue weighted by Gasteiger charge is 2.25. The lowest BCUT2D eigenvalue weighted by molar-refractivity contribution is -0.385. The second-order valence-electron chi connectivity index (χ2n) is 3.52. The first-order valence-corrected chi connectivity index (χ1v) is 4.77. The Bertz CT molecular complexity index is 501. The summed E-state index contributed by atoms with van der Waals surface area (Å²) in [6.45, 7) is 0. The Labute approximate surface area is 101 Å². The van der Waals surface area contributed by atoms with Gasteiger partial charge in [0.15, 0.2) is 6.10 Å². The number of amides is 1. The van der Waals surface area contributed by atoms with Gasteiger partial charge in [-0.15, -0.1) is 0 Å². The van der Waals surface area contributed by atoms with E-state index in [0.29, 0.717) is 6.29 Å². The molecule has 0 spiro atoms. The van der Waals surface area contributed by atoms with Crippen LogP contribution in [0.4, 0.5) is 5.69 Å². The second-order valence-corrected chi connectivity index (χ2v) is 3.52. The van der Waals surface area contributed by atoms with Gasteiger partial charge in [-0.05, 0) is 11.6 Å². The summed E-state index contributed by atoms with van der Waals surface area (Å²) < 4.78 is 0. The van der Waals surface area contributed by atoms with E-state index in [1.54, 1.807) is 0 Å². The molecule has 0 fully saturated rings. The predicted octanol–water partition coefficient (Wildman–Crippen LogP) is -0.713. The summed E-state index contributed by atoms with van der Waals surface area (Å²) >= 11 is 0. The van der Waals surface area contributed by atoms with Crippen LogP contribution in [0, 0.1) is 10.1 Å². The van der Waals surface area contributed by atoms with E-state index in [4.69, 9.17) is 5.73 Å². The number of rotatable bonds is 5. The minimum Gasteiger partial charge on any atom is -0.385 e. The average Bonchev–Trinajstić information content (AvgIpc) is 2.35. The van der Waals surface area contributed by atoms with Crippen molar-refractivity contribution < 1.29 is 24.7 Å². The lowest BCUT2D eigenvalue weighted by atomic mass is 10.0. The van der Waals surface area contributed by atoms with Crippen molar-refractivity contribution in [3.05, 3.63) is 39.4 Å². The molecule has 96 valence electrons. The molecule has 0 bridgehead atoms. The summed E-state index contributed by atoms with van der Waals surface area (Å²) in [5.74, 6) is -1.18. The summed E-state index contributed by atoms with van der Waals surface area (Å²) in [5, 5.41) is 29.5. The summed E-state index contributed by atoms with van der Waals surface area (Å²) in [6.07, 6.45) is -3.30. The van der Waals surface area contributed by atoms with Crippen LogP contribution in [0.5, 0.6) is 0 Å². The molecular formula is C10H10N2O6. The molecule has 2 atom stereocenters. The third-order valence-corrected chi connectivity index (χ3v) is 2.24. The third-order valence-electron chi connectivity index (χ3n) is 2.24. The number of aldehydes is 1. The molecule has 2 unspecified atom stereocenters. The van der Waals surface area contributed by atoms with Gasteiger partial charge in [-0.1, -0.05) is 0 Å². The van der Waals surface area contributed by atoms with Crippen LogP contribution in [0.3, 0.4) is 0 Å². The zero-order valence-corrected chi connectivity index (χ0v) is 9.02. The van der Waals surface area contributed by atoms with Crippen LogP contribution in [0.15, 0.2) is 18.2 Å². The zero-order chi connectivity index (χ0) is 13.9. The Hall–Kier alpha value is -2.32. The number of aliphatic hydroxyl groups is 2. The Balaban J connectivity index is 3.23. The number of nitro groups is 1. The van der Waals surface area contributed by atoms with Crippen LogP contribution in [0.2, 0.25) is 0 Å². The lowest BCUT2D eigenvalue weighted by Gasteiger charge is -2.15. The van der Waals surface area contributed by atoms with Gasteiger partial charge in [-0.25, -0.2) is 0 Å². The first-order chi connectivity index (χ1) is 8.36. The summed E-state index contributed by atoms with van der Waals surface area (Å²) in [7, 11) is 0. The van der Waals surface area contributed by atoms with Crippen LogP contribution in [0.1, 0.15) is 22.0 Å². The van der Waals surface area contributed by atoms with Crippen LogP contribution in [-0.2, 0) is 4.79 Å². The van der Waals surface area contributed by atoms with Gasteiger partial charge < -0.3 is 15.9 Å². The molecule has 1 rings (SSSR count). The van der Waals surface area contributed by atoms with E-state index >= 15 is 0 Å². The number of carbonyl (C=O) groups is 2. The molecule has 0 aromatic heterocycles. The molecule has 0 heterocycles. The number of nitrogens with two attached hydrogens (primary N) is 1. The largest absolute Gasteiger partial charge is 0.385 e. The number of hydrogen-bond donors (Lipinski definition) is 3. The maximum Gasteiger partial charge on any atom is 0.270 e. The smallest absolute Gasteiger partial charge is 0.270 e. The van der Waals surface area contributed by atoms with Crippen molar-refractivity contribution in [2.24, 2.45) is 5.73 Å². The normalized spacial score (nSPS) is 13.7. The Morgan fingerprint density at radius 3 is 2.44 bits per heavy atom. The standard InChI is InChI=1S/C10H10N2O6/c11-10(16)9(15)8(14)6-1-5(4-13)2-7(3-6)12(17)18/h1-4,8-9,14-15H,(H2,11,16). The number of non-ortho nitro benzene ring substituents is 1. The van der Waals surface area contributed by atoms with Gasteiger partial charge in [-0.2, -0.15) is 0 Å². The van der Waals surface area contributed by atoms with Gasteiger partial charge in [0.05, 0.1) is 4.92 Å². The summed E-state index contributed by atoms with van der Waals surface area (Å²) in [4.78, 5) is 31.1. The highest BCUT2D eigenvalue weighted by atomic mass is 16.6. The van der Waals surface area contributed by atoms with E-state index < -0.39 is 28.7 Å². The van der Waals surface area contributed by atoms with Crippen molar-refractivity contribution in [2.75, 3.05) is 0 Å². The molecule has 1 aromatic rings. The van der Waals surface area contributed by atoms with Gasteiger partial charge in [0.2, 0.25) is 5.91 Å². The zero-order valence-electron chi connectivity index (χ0n) is 9.02. The minimum atomic E-state index is -1.91. The van der Waals surface area contributed by atoms with Gasteiger partial charge in [0.1, 0.15) is 12.4 Å². The number of benzene rings is 1. The summed E-state index contributed by atoms with van der Waals surface area (Å²) in [5.41, 5.74) is 4.15. The molecule has 0 aliphatic rings. The molecule has 1 aromatic carbocycles.